The first-order chi connectivity index (χ1) is 9.13. The molecule has 1 atom stereocenters. The van der Waals surface area contributed by atoms with Crippen molar-refractivity contribution in [2.45, 2.75) is 25.9 Å². The number of hydrogen-bond acceptors (Lipinski definition) is 3. The van der Waals surface area contributed by atoms with Crippen LogP contribution in [-0.2, 0) is 4.79 Å². The zero-order valence-electron chi connectivity index (χ0n) is 11.1. The molecule has 5 nitrogen and oxygen atoms in total. The van der Waals surface area contributed by atoms with Crippen molar-refractivity contribution < 1.29 is 14.7 Å². The number of carbonyl (C=O) groups excluding carboxylic acids is 2. The van der Waals surface area contributed by atoms with E-state index < -0.39 is 6.10 Å². The summed E-state index contributed by atoms with van der Waals surface area (Å²) in [5.74, 6) is -0.593. The van der Waals surface area contributed by atoms with Gasteiger partial charge < -0.3 is 15.7 Å². The zero-order chi connectivity index (χ0) is 14.1. The highest BCUT2D eigenvalue weighted by Crippen LogP contribution is 1.97. The summed E-state index contributed by atoms with van der Waals surface area (Å²) in [6.07, 6.45) is 0.983. The molecule has 1 aromatic carbocycles. The maximum atomic E-state index is 11.6. The number of nitrogens with one attached hydrogen (secondary N) is 2. The molecule has 1 aromatic rings. The largest absolute Gasteiger partial charge is 0.391 e. The van der Waals surface area contributed by atoms with Crippen LogP contribution in [0.2, 0.25) is 0 Å². The quantitative estimate of drug-likeness (QED) is 0.678. The van der Waals surface area contributed by atoms with Crippen LogP contribution in [0.4, 0.5) is 0 Å². The Bertz CT molecular complexity index is 406. The van der Waals surface area contributed by atoms with E-state index in [-0.39, 0.29) is 24.9 Å². The molecule has 5 heteroatoms. The van der Waals surface area contributed by atoms with E-state index in [1.165, 1.54) is 0 Å². The van der Waals surface area contributed by atoms with Crippen molar-refractivity contribution >= 4 is 11.8 Å². The minimum atomic E-state index is -0.529. The lowest BCUT2D eigenvalue weighted by atomic mass is 10.2. The van der Waals surface area contributed by atoms with Gasteiger partial charge >= 0.3 is 0 Å². The third kappa shape index (κ3) is 6.01. The minimum Gasteiger partial charge on any atom is -0.391 e. The second-order valence-electron chi connectivity index (χ2n) is 4.30. The van der Waals surface area contributed by atoms with Crippen LogP contribution in [0.15, 0.2) is 30.3 Å². The van der Waals surface area contributed by atoms with Crippen molar-refractivity contribution in [1.29, 1.82) is 0 Å². The van der Waals surface area contributed by atoms with Gasteiger partial charge in [-0.3, -0.25) is 9.59 Å². The van der Waals surface area contributed by atoms with E-state index in [0.717, 1.165) is 6.42 Å². The van der Waals surface area contributed by atoms with E-state index in [4.69, 9.17) is 0 Å². The predicted octanol–water partition coefficient (Wildman–Crippen LogP) is 0.694. The highest BCUT2D eigenvalue weighted by molar-refractivity contribution is 5.96. The van der Waals surface area contributed by atoms with Crippen LogP contribution in [0.25, 0.3) is 0 Å². The van der Waals surface area contributed by atoms with Crippen molar-refractivity contribution in [3.05, 3.63) is 35.9 Å². The molecular formula is C14H20N2O3. The molecule has 0 aromatic heterocycles. The number of amides is 2. The molecule has 0 aliphatic rings. The van der Waals surface area contributed by atoms with Crippen LogP contribution in [-0.4, -0.2) is 36.1 Å². The van der Waals surface area contributed by atoms with Crippen LogP contribution >= 0.6 is 0 Å². The van der Waals surface area contributed by atoms with E-state index in [1.54, 1.807) is 24.3 Å². The molecule has 0 bridgehead atoms. The monoisotopic (exact) mass is 264 g/mol. The number of carbonyl (C=O) groups is 2. The van der Waals surface area contributed by atoms with E-state index >= 15 is 0 Å². The van der Waals surface area contributed by atoms with Gasteiger partial charge in [0.05, 0.1) is 12.6 Å². The molecule has 0 saturated heterocycles. The van der Waals surface area contributed by atoms with E-state index in [2.05, 4.69) is 10.6 Å². The molecule has 0 radical (unpaired) electrons. The van der Waals surface area contributed by atoms with Crippen molar-refractivity contribution in [2.75, 3.05) is 13.1 Å². The van der Waals surface area contributed by atoms with E-state index in [0.29, 0.717) is 12.0 Å². The summed E-state index contributed by atoms with van der Waals surface area (Å²) >= 11 is 0. The number of rotatable bonds is 7. The van der Waals surface area contributed by atoms with Crippen LogP contribution < -0.4 is 10.6 Å². The average Bonchev–Trinajstić information content (AvgIpc) is 2.44. The molecular weight excluding hydrogens is 244 g/mol. The normalized spacial score (nSPS) is 11.7. The van der Waals surface area contributed by atoms with Gasteiger partial charge in [-0.05, 0) is 18.6 Å². The van der Waals surface area contributed by atoms with Gasteiger partial charge in [-0.15, -0.1) is 0 Å². The highest BCUT2D eigenvalue weighted by atomic mass is 16.3. The summed E-state index contributed by atoms with van der Waals surface area (Å²) in [5.41, 5.74) is 0.515. The zero-order valence-corrected chi connectivity index (χ0v) is 11.1. The molecule has 0 heterocycles. The van der Waals surface area contributed by atoms with Gasteiger partial charge in [-0.1, -0.05) is 31.5 Å². The topological polar surface area (TPSA) is 78.4 Å². The Kier molecular flexibility index (Phi) is 6.60. The fourth-order valence-corrected chi connectivity index (χ4v) is 1.58. The van der Waals surface area contributed by atoms with Gasteiger partial charge in [0, 0.05) is 12.1 Å². The maximum Gasteiger partial charge on any atom is 0.251 e. The van der Waals surface area contributed by atoms with Crippen molar-refractivity contribution in [1.82, 2.24) is 10.6 Å². The van der Waals surface area contributed by atoms with E-state index in [9.17, 15) is 14.7 Å². The standard InChI is InChI=1S/C14H20N2O3/c1-2-6-12(17)9-15-13(18)10-16-14(19)11-7-4-3-5-8-11/h3-5,7-8,12,17H,2,6,9-10H2,1H3,(H,15,18)(H,16,19). The molecule has 0 aliphatic heterocycles. The van der Waals surface area contributed by atoms with Crippen LogP contribution in [0.5, 0.6) is 0 Å². The van der Waals surface area contributed by atoms with Crippen molar-refractivity contribution in [3.63, 3.8) is 0 Å². The Labute approximate surface area is 113 Å². The van der Waals surface area contributed by atoms with Crippen molar-refractivity contribution in [3.8, 4) is 0 Å². The van der Waals surface area contributed by atoms with Crippen LogP contribution in [0.1, 0.15) is 30.1 Å². The summed E-state index contributed by atoms with van der Waals surface area (Å²) in [7, 11) is 0. The smallest absolute Gasteiger partial charge is 0.251 e. The molecule has 0 aliphatic carbocycles. The highest BCUT2D eigenvalue weighted by Gasteiger charge is 2.08. The lowest BCUT2D eigenvalue weighted by Crippen LogP contribution is -2.40. The number of aliphatic hydroxyl groups is 1. The van der Waals surface area contributed by atoms with Gasteiger partial charge in [0.15, 0.2) is 0 Å². The SMILES string of the molecule is CCCC(O)CNC(=O)CNC(=O)c1ccccc1. The van der Waals surface area contributed by atoms with Gasteiger partial charge in [0.2, 0.25) is 5.91 Å². The minimum absolute atomic E-state index is 0.0907. The third-order valence-electron chi connectivity index (χ3n) is 2.60. The summed E-state index contributed by atoms with van der Waals surface area (Å²) in [6.45, 7) is 2.09. The van der Waals surface area contributed by atoms with Crippen LogP contribution in [0.3, 0.4) is 0 Å². The summed E-state index contributed by atoms with van der Waals surface area (Å²) < 4.78 is 0. The number of hydrogen-bond donors (Lipinski definition) is 3. The first-order valence-electron chi connectivity index (χ1n) is 6.41. The Morgan fingerprint density at radius 2 is 1.89 bits per heavy atom. The number of aliphatic hydroxyl groups excluding tert-OH is 1. The molecule has 0 spiro atoms. The third-order valence-corrected chi connectivity index (χ3v) is 2.60. The first-order valence-corrected chi connectivity index (χ1v) is 6.41. The number of benzene rings is 1. The molecule has 3 N–H and O–H groups in total. The molecule has 1 unspecified atom stereocenters. The second-order valence-corrected chi connectivity index (χ2v) is 4.30. The molecule has 0 fully saturated rings. The van der Waals surface area contributed by atoms with E-state index in [1.807, 2.05) is 13.0 Å². The predicted molar refractivity (Wildman–Crippen MR) is 72.7 cm³/mol. The summed E-state index contributed by atoms with van der Waals surface area (Å²) in [5, 5.41) is 14.5. The Hall–Kier alpha value is -1.88. The van der Waals surface area contributed by atoms with Crippen molar-refractivity contribution in [2.24, 2.45) is 0 Å². The summed E-state index contributed by atoms with van der Waals surface area (Å²) in [4.78, 5) is 23.1. The van der Waals surface area contributed by atoms with Gasteiger partial charge in [0.1, 0.15) is 0 Å². The fourth-order valence-electron chi connectivity index (χ4n) is 1.58. The first kappa shape index (κ1) is 15.2. The Morgan fingerprint density at radius 1 is 1.21 bits per heavy atom. The Balaban J connectivity index is 2.25. The fraction of sp³-hybridized carbons (Fsp3) is 0.429. The maximum absolute atomic E-state index is 11.6. The lowest BCUT2D eigenvalue weighted by Gasteiger charge is -2.11. The van der Waals surface area contributed by atoms with Gasteiger partial charge in [-0.25, -0.2) is 0 Å². The second kappa shape index (κ2) is 8.26. The average molecular weight is 264 g/mol. The van der Waals surface area contributed by atoms with Crippen LogP contribution in [0, 0.1) is 0 Å². The van der Waals surface area contributed by atoms with Gasteiger partial charge in [-0.2, -0.15) is 0 Å². The molecule has 1 rings (SSSR count). The van der Waals surface area contributed by atoms with Gasteiger partial charge in [0.25, 0.3) is 5.91 Å². The Morgan fingerprint density at radius 3 is 2.53 bits per heavy atom. The summed E-state index contributed by atoms with van der Waals surface area (Å²) in [6, 6.07) is 8.70. The molecule has 0 saturated carbocycles. The molecule has 2 amide bonds. The lowest BCUT2D eigenvalue weighted by molar-refractivity contribution is -0.120. The molecule has 104 valence electrons. The molecule has 19 heavy (non-hydrogen) atoms.